The maximum Gasteiger partial charge on any atom is 0.227 e. The molecule has 1 aromatic heterocycles. The van der Waals surface area contributed by atoms with Crippen molar-refractivity contribution in [2.45, 2.75) is 26.2 Å². The van der Waals surface area contributed by atoms with Crippen LogP contribution in [0.5, 0.6) is 0 Å². The van der Waals surface area contributed by atoms with Crippen LogP contribution in [-0.2, 0) is 4.79 Å². The minimum atomic E-state index is 0.0681. The fourth-order valence-electron chi connectivity index (χ4n) is 2.01. The van der Waals surface area contributed by atoms with Gasteiger partial charge in [-0.2, -0.15) is 0 Å². The van der Waals surface area contributed by atoms with Crippen LogP contribution in [0, 0.1) is 5.92 Å². The maximum atomic E-state index is 11.6. The molecular weight excluding hydrogens is 234 g/mol. The van der Waals surface area contributed by atoms with Gasteiger partial charge in [0.25, 0.3) is 0 Å². The summed E-state index contributed by atoms with van der Waals surface area (Å²) in [4.78, 5) is 18.1. The largest absolute Gasteiger partial charge is 0.303 e. The standard InChI is InChI=1S/C12H19N3OS/c1-10-2-6-15(7-3-10)8-4-11(16)14-12-13-5-9-17-12/h5,9-10H,2-4,6-8H2,1H3,(H,13,14,16). The third-order valence-corrected chi connectivity index (χ3v) is 3.90. The van der Waals surface area contributed by atoms with Crippen LogP contribution in [0.25, 0.3) is 0 Å². The number of nitrogens with one attached hydrogen (secondary N) is 1. The number of likely N-dealkylation sites (tertiary alicyclic amines) is 1. The van der Waals surface area contributed by atoms with E-state index in [-0.39, 0.29) is 5.91 Å². The van der Waals surface area contributed by atoms with Gasteiger partial charge in [-0.25, -0.2) is 4.98 Å². The molecule has 0 aliphatic carbocycles. The quantitative estimate of drug-likeness (QED) is 0.894. The normalized spacial score (nSPS) is 18.2. The van der Waals surface area contributed by atoms with Gasteiger partial charge < -0.3 is 10.2 Å². The molecule has 1 aliphatic rings. The minimum absolute atomic E-state index is 0.0681. The van der Waals surface area contributed by atoms with Crippen LogP contribution in [0.4, 0.5) is 5.13 Å². The molecular formula is C12H19N3OS. The number of rotatable bonds is 4. The molecule has 0 aromatic carbocycles. The van der Waals surface area contributed by atoms with Crippen molar-refractivity contribution in [2.75, 3.05) is 25.0 Å². The smallest absolute Gasteiger partial charge is 0.227 e. The molecule has 94 valence electrons. The highest BCUT2D eigenvalue weighted by molar-refractivity contribution is 7.13. The molecule has 1 fully saturated rings. The fraction of sp³-hybridized carbons (Fsp3) is 0.667. The summed E-state index contributed by atoms with van der Waals surface area (Å²) in [5.74, 6) is 0.911. The van der Waals surface area contributed by atoms with Crippen molar-refractivity contribution in [1.29, 1.82) is 0 Å². The van der Waals surface area contributed by atoms with Gasteiger partial charge in [0.1, 0.15) is 0 Å². The van der Waals surface area contributed by atoms with Crippen molar-refractivity contribution in [3.8, 4) is 0 Å². The predicted molar refractivity (Wildman–Crippen MR) is 70.2 cm³/mol. The van der Waals surface area contributed by atoms with Crippen LogP contribution in [0.1, 0.15) is 26.2 Å². The van der Waals surface area contributed by atoms with Crippen LogP contribution in [0.2, 0.25) is 0 Å². The van der Waals surface area contributed by atoms with Crippen molar-refractivity contribution in [2.24, 2.45) is 5.92 Å². The lowest BCUT2D eigenvalue weighted by Gasteiger charge is -2.29. The summed E-state index contributed by atoms with van der Waals surface area (Å²) in [6.07, 6.45) is 4.78. The highest BCUT2D eigenvalue weighted by atomic mass is 32.1. The Hall–Kier alpha value is -0.940. The first-order valence-corrected chi connectivity index (χ1v) is 7.03. The number of piperidine rings is 1. The number of hydrogen-bond donors (Lipinski definition) is 1. The summed E-state index contributed by atoms with van der Waals surface area (Å²) in [6.45, 7) is 5.42. The average Bonchev–Trinajstić information content (AvgIpc) is 2.81. The zero-order valence-corrected chi connectivity index (χ0v) is 11.0. The molecule has 0 bridgehead atoms. The molecule has 2 heterocycles. The Bertz CT molecular complexity index is 345. The zero-order valence-electron chi connectivity index (χ0n) is 10.2. The topological polar surface area (TPSA) is 45.2 Å². The Balaban J connectivity index is 1.66. The van der Waals surface area contributed by atoms with Crippen LogP contribution >= 0.6 is 11.3 Å². The van der Waals surface area contributed by atoms with Gasteiger partial charge in [0.15, 0.2) is 5.13 Å². The van der Waals surface area contributed by atoms with E-state index in [1.807, 2.05) is 5.38 Å². The number of anilines is 1. The molecule has 1 amide bonds. The van der Waals surface area contributed by atoms with Gasteiger partial charge in [0, 0.05) is 24.5 Å². The third-order valence-electron chi connectivity index (χ3n) is 3.21. The highest BCUT2D eigenvalue weighted by Crippen LogP contribution is 2.16. The van der Waals surface area contributed by atoms with Crippen molar-refractivity contribution in [3.63, 3.8) is 0 Å². The van der Waals surface area contributed by atoms with E-state index >= 15 is 0 Å². The van der Waals surface area contributed by atoms with E-state index in [0.717, 1.165) is 25.6 Å². The number of nitrogens with zero attached hydrogens (tertiary/aromatic N) is 2. The number of thiazole rings is 1. The Morgan fingerprint density at radius 2 is 2.35 bits per heavy atom. The van der Waals surface area contributed by atoms with E-state index in [4.69, 9.17) is 0 Å². The summed E-state index contributed by atoms with van der Waals surface area (Å²) < 4.78 is 0. The Morgan fingerprint density at radius 3 is 3.00 bits per heavy atom. The summed E-state index contributed by atoms with van der Waals surface area (Å²) in [5, 5.41) is 5.37. The first-order valence-electron chi connectivity index (χ1n) is 6.16. The molecule has 0 saturated carbocycles. The number of carbonyl (C=O) groups excluding carboxylic acids is 1. The molecule has 1 saturated heterocycles. The van der Waals surface area contributed by atoms with Gasteiger partial charge in [-0.1, -0.05) is 6.92 Å². The summed E-state index contributed by atoms with van der Waals surface area (Å²) in [7, 11) is 0. The third kappa shape index (κ3) is 4.09. The van der Waals surface area contributed by atoms with E-state index in [2.05, 4.69) is 22.1 Å². The van der Waals surface area contributed by atoms with Crippen LogP contribution in [-0.4, -0.2) is 35.4 Å². The van der Waals surface area contributed by atoms with Gasteiger partial charge in [0.2, 0.25) is 5.91 Å². The van der Waals surface area contributed by atoms with Gasteiger partial charge in [-0.3, -0.25) is 4.79 Å². The lowest BCUT2D eigenvalue weighted by molar-refractivity contribution is -0.116. The van der Waals surface area contributed by atoms with Gasteiger partial charge in [-0.15, -0.1) is 11.3 Å². The van der Waals surface area contributed by atoms with Crippen LogP contribution in [0.15, 0.2) is 11.6 Å². The SMILES string of the molecule is CC1CCN(CCC(=O)Nc2nccs2)CC1. The van der Waals surface area contributed by atoms with E-state index in [1.54, 1.807) is 6.20 Å². The van der Waals surface area contributed by atoms with Crippen LogP contribution < -0.4 is 5.32 Å². The monoisotopic (exact) mass is 253 g/mol. The predicted octanol–water partition coefficient (Wildman–Crippen LogP) is 2.20. The van der Waals surface area contributed by atoms with Crippen molar-refractivity contribution >= 4 is 22.4 Å². The second kappa shape index (κ2) is 6.12. The van der Waals surface area contributed by atoms with E-state index < -0.39 is 0 Å². The molecule has 0 spiro atoms. The second-order valence-electron chi connectivity index (χ2n) is 4.66. The van der Waals surface area contributed by atoms with E-state index in [1.165, 1.54) is 24.2 Å². The average molecular weight is 253 g/mol. The summed E-state index contributed by atoms with van der Waals surface area (Å²) in [5.41, 5.74) is 0. The van der Waals surface area contributed by atoms with E-state index in [0.29, 0.717) is 11.6 Å². The Morgan fingerprint density at radius 1 is 1.59 bits per heavy atom. The lowest BCUT2D eigenvalue weighted by atomic mass is 9.99. The molecule has 2 rings (SSSR count). The number of aromatic nitrogens is 1. The molecule has 1 N–H and O–H groups in total. The van der Waals surface area contributed by atoms with Gasteiger partial charge >= 0.3 is 0 Å². The number of carbonyl (C=O) groups is 1. The second-order valence-corrected chi connectivity index (χ2v) is 5.55. The molecule has 17 heavy (non-hydrogen) atoms. The van der Waals surface area contributed by atoms with Gasteiger partial charge in [-0.05, 0) is 31.8 Å². The molecule has 0 radical (unpaired) electrons. The molecule has 1 aromatic rings. The fourth-order valence-corrected chi connectivity index (χ4v) is 2.56. The summed E-state index contributed by atoms with van der Waals surface area (Å²) in [6, 6.07) is 0. The Labute approximate surface area is 106 Å². The zero-order chi connectivity index (χ0) is 12.1. The molecule has 1 aliphatic heterocycles. The summed E-state index contributed by atoms with van der Waals surface area (Å²) >= 11 is 1.46. The van der Waals surface area contributed by atoms with E-state index in [9.17, 15) is 4.79 Å². The molecule has 0 unspecified atom stereocenters. The molecule has 5 heteroatoms. The molecule has 4 nitrogen and oxygen atoms in total. The maximum absolute atomic E-state index is 11.6. The number of amides is 1. The Kier molecular flexibility index (Phi) is 4.50. The highest BCUT2D eigenvalue weighted by Gasteiger charge is 2.16. The van der Waals surface area contributed by atoms with Crippen molar-refractivity contribution in [1.82, 2.24) is 9.88 Å². The first-order chi connectivity index (χ1) is 8.24. The van der Waals surface area contributed by atoms with Gasteiger partial charge in [0.05, 0.1) is 0 Å². The lowest BCUT2D eigenvalue weighted by Crippen LogP contribution is -2.35. The van der Waals surface area contributed by atoms with Crippen molar-refractivity contribution < 1.29 is 4.79 Å². The number of hydrogen-bond acceptors (Lipinski definition) is 4. The molecule has 0 atom stereocenters. The minimum Gasteiger partial charge on any atom is -0.303 e. The first kappa shape index (κ1) is 12.5. The van der Waals surface area contributed by atoms with Crippen LogP contribution in [0.3, 0.4) is 0 Å². The van der Waals surface area contributed by atoms with Crippen molar-refractivity contribution in [3.05, 3.63) is 11.6 Å².